The Hall–Kier alpha value is -2.69. The minimum Gasteiger partial charge on any atom is -0.479 e. The Morgan fingerprint density at radius 1 is 0.418 bits per heavy atom. The second-order valence-corrected chi connectivity index (χ2v) is 17.7. The van der Waals surface area contributed by atoms with Crippen molar-refractivity contribution in [2.75, 3.05) is 13.2 Å². The van der Waals surface area contributed by atoms with Crippen LogP contribution in [0.3, 0.4) is 0 Å². The lowest BCUT2D eigenvalue weighted by atomic mass is 9.94. The van der Waals surface area contributed by atoms with Crippen LogP contribution in [-0.2, 0) is 77.6 Å². The number of hydrogen-bond acceptors (Lipinski definition) is 28. The Kier molecular flexibility index (Phi) is 17.9. The lowest BCUT2D eigenvalue weighted by Gasteiger charge is -2.49. The number of aliphatic hydroxyl groups is 12. The van der Waals surface area contributed by atoms with Gasteiger partial charge in [0, 0.05) is 0 Å². The molecule has 5 aliphatic rings. The molecular formula is C30H48N2O33S2. The third kappa shape index (κ3) is 12.3. The van der Waals surface area contributed by atoms with Gasteiger partial charge in [-0.05, 0) is 0 Å². The smallest absolute Gasteiger partial charge is 0.335 e. The van der Waals surface area contributed by atoms with E-state index in [-0.39, 0.29) is 0 Å². The van der Waals surface area contributed by atoms with Gasteiger partial charge in [0.15, 0.2) is 49.8 Å². The van der Waals surface area contributed by atoms with Crippen LogP contribution in [0, 0.1) is 0 Å². The SMILES string of the molecule is O=C(O)[C@H]1O[C@@H](O[C@H]2[C@H](O)[C@@H](NS(=O)(=O)O)[C@@H](O[C@H]3[C@H](O)[C@@H](O)[C@H](O[C@H]4[C@H](O)[C@@H](NS(=O)(=O)O)[C@@H](O[C@H]5[C@H](O)[C@@H](O)[C@H](O)O[C@H]5C(=O)O)O[C@@H]4CO)O[C@@H]3C(=O)O)O[C@@H]2CO)[C@H](O)[C@@H](O)[C@@H]1O. The van der Waals surface area contributed by atoms with E-state index in [4.69, 9.17) is 42.6 Å². The Balaban J connectivity index is 1.38. The molecule has 5 fully saturated rings. The fourth-order valence-corrected chi connectivity index (χ4v) is 8.77. The summed E-state index contributed by atoms with van der Waals surface area (Å²) in [6.07, 6.45) is -54.1. The van der Waals surface area contributed by atoms with Crippen LogP contribution >= 0.6 is 0 Å². The number of rotatable bonds is 17. The van der Waals surface area contributed by atoms with E-state index in [1.54, 1.807) is 0 Å². The van der Waals surface area contributed by atoms with Crippen molar-refractivity contribution in [3.63, 3.8) is 0 Å². The van der Waals surface area contributed by atoms with Gasteiger partial charge in [-0.1, -0.05) is 0 Å². The molecule has 0 unspecified atom stereocenters. The zero-order valence-electron chi connectivity index (χ0n) is 33.3. The van der Waals surface area contributed by atoms with Crippen LogP contribution in [0.25, 0.3) is 0 Å². The summed E-state index contributed by atoms with van der Waals surface area (Å²) in [6.45, 7) is -2.56. The monoisotopic (exact) mass is 1030 g/mol. The Bertz CT molecular complexity index is 1950. The third-order valence-electron chi connectivity index (χ3n) is 10.8. The van der Waals surface area contributed by atoms with Crippen LogP contribution in [0.4, 0.5) is 0 Å². The van der Waals surface area contributed by atoms with E-state index in [2.05, 4.69) is 0 Å². The topological polar surface area (TPSA) is 571 Å². The average molecular weight is 1030 g/mol. The molecule has 0 aliphatic carbocycles. The van der Waals surface area contributed by atoms with Crippen LogP contribution < -0.4 is 9.44 Å². The molecule has 25 atom stereocenters. The predicted octanol–water partition coefficient (Wildman–Crippen LogP) is -12.8. The second kappa shape index (κ2) is 21.7. The molecule has 0 spiro atoms. The van der Waals surface area contributed by atoms with Crippen molar-refractivity contribution < 1.29 is 160 Å². The highest BCUT2D eigenvalue weighted by molar-refractivity contribution is 7.84. The number of carboxylic acids is 3. The standard InChI is InChI=1S/C30H48N2O33S2/c33-1-3-16(60-29-14(42)9(37)10(38)20(64-29)23(44)45)7(35)6(32-67(54,55)56)28(58-3)63-19-12(40)15(43)30(65-22(19)25(48)49)61-17-4(2-34)57-27(5(8(17)36)31-66(51,52)53)62-18-11(39)13(41)26(50)59-21(18)24(46)47/h3-22,26-43,50H,1-2H2,(H,44,45)(H,46,47)(H,48,49)(H,51,52,53)(H,54,55,56)/t3-,4-,5-,6-,7-,8-,9+,10+,11-,12-,13-,14-,15-,16-,17-,18+,19+,20+,21-,22+,26-,27-,28-,29-,30-/m1/s1. The molecule has 388 valence electrons. The number of hydrogen-bond donors (Lipinski definition) is 19. The molecule has 67 heavy (non-hydrogen) atoms. The van der Waals surface area contributed by atoms with E-state index >= 15 is 0 Å². The minimum atomic E-state index is -5.48. The molecule has 35 nitrogen and oxygen atoms in total. The highest BCUT2D eigenvalue weighted by atomic mass is 32.2. The van der Waals surface area contributed by atoms with E-state index in [0.717, 1.165) is 0 Å². The number of aliphatic carboxylic acids is 3. The predicted molar refractivity (Wildman–Crippen MR) is 193 cm³/mol. The van der Waals surface area contributed by atoms with E-state index in [9.17, 15) is 117 Å². The molecule has 0 aromatic heterocycles. The van der Waals surface area contributed by atoms with Gasteiger partial charge in [-0.3, -0.25) is 9.11 Å². The normalized spacial score (nSPS) is 46.7. The highest BCUT2D eigenvalue weighted by Crippen LogP contribution is 2.36. The Morgan fingerprint density at radius 2 is 0.761 bits per heavy atom. The van der Waals surface area contributed by atoms with Crippen LogP contribution in [0.15, 0.2) is 0 Å². The van der Waals surface area contributed by atoms with Gasteiger partial charge < -0.3 is 119 Å². The van der Waals surface area contributed by atoms with E-state index < -0.39 is 205 Å². The molecule has 0 radical (unpaired) electrons. The molecule has 5 aliphatic heterocycles. The summed E-state index contributed by atoms with van der Waals surface area (Å²) >= 11 is 0. The van der Waals surface area contributed by atoms with Crippen molar-refractivity contribution in [3.8, 4) is 0 Å². The van der Waals surface area contributed by atoms with E-state index in [0.29, 0.717) is 0 Å². The number of aliphatic hydroxyl groups excluding tert-OH is 12. The Morgan fingerprint density at radius 3 is 1.13 bits per heavy atom. The van der Waals surface area contributed by atoms with Gasteiger partial charge in [-0.25, -0.2) is 14.4 Å². The molecule has 0 aromatic carbocycles. The van der Waals surface area contributed by atoms with Crippen LogP contribution in [0.2, 0.25) is 0 Å². The molecular weight excluding hydrogens is 980 g/mol. The van der Waals surface area contributed by atoms with Crippen LogP contribution in [-0.4, -0.2) is 287 Å². The maximum Gasteiger partial charge on any atom is 0.335 e. The summed E-state index contributed by atoms with van der Waals surface area (Å²) in [5.74, 6) is -5.93. The zero-order valence-corrected chi connectivity index (χ0v) is 34.9. The number of carbonyl (C=O) groups is 3. The summed E-state index contributed by atoms with van der Waals surface area (Å²) in [7, 11) is -10.9. The maximum atomic E-state index is 12.6. The quantitative estimate of drug-likeness (QED) is 0.0602. The summed E-state index contributed by atoms with van der Waals surface area (Å²) in [5.41, 5.74) is 0. The summed E-state index contributed by atoms with van der Waals surface area (Å²) < 4.78 is 118. The Labute approximate surface area is 373 Å². The van der Waals surface area contributed by atoms with Gasteiger partial charge in [0.05, 0.1) is 13.2 Å². The molecule has 0 amide bonds. The maximum absolute atomic E-state index is 12.6. The molecule has 0 bridgehead atoms. The van der Waals surface area contributed by atoms with Crippen LogP contribution in [0.1, 0.15) is 0 Å². The van der Waals surface area contributed by atoms with Crippen molar-refractivity contribution in [2.45, 2.75) is 153 Å². The van der Waals surface area contributed by atoms with Gasteiger partial charge in [-0.15, -0.1) is 0 Å². The fourth-order valence-electron chi connectivity index (χ4n) is 7.58. The van der Waals surface area contributed by atoms with Gasteiger partial charge in [-0.2, -0.15) is 26.3 Å². The van der Waals surface area contributed by atoms with Gasteiger partial charge in [0.25, 0.3) is 0 Å². The molecule has 5 saturated heterocycles. The van der Waals surface area contributed by atoms with Crippen LogP contribution in [0.5, 0.6) is 0 Å². The molecule has 0 saturated carbocycles. The first-order valence-corrected chi connectivity index (χ1v) is 22.0. The van der Waals surface area contributed by atoms with E-state index in [1.165, 1.54) is 9.44 Å². The zero-order chi connectivity index (χ0) is 50.4. The number of ether oxygens (including phenoxy) is 9. The van der Waals surface area contributed by atoms with Crippen molar-refractivity contribution in [3.05, 3.63) is 0 Å². The van der Waals surface area contributed by atoms with Crippen molar-refractivity contribution in [1.82, 2.24) is 9.44 Å². The van der Waals surface area contributed by atoms with Gasteiger partial charge in [0.2, 0.25) is 0 Å². The minimum absolute atomic E-state index is 1.27. The van der Waals surface area contributed by atoms with Crippen molar-refractivity contribution in [2.24, 2.45) is 0 Å². The summed E-state index contributed by atoms with van der Waals surface area (Å²) in [6, 6.07) is -4.83. The first-order chi connectivity index (χ1) is 31.0. The van der Waals surface area contributed by atoms with Crippen molar-refractivity contribution in [1.29, 1.82) is 0 Å². The van der Waals surface area contributed by atoms with Gasteiger partial charge >= 0.3 is 38.5 Å². The second-order valence-electron chi connectivity index (χ2n) is 15.3. The fraction of sp³-hybridized carbons (Fsp3) is 0.900. The molecule has 0 aromatic rings. The largest absolute Gasteiger partial charge is 0.479 e. The molecule has 19 N–H and O–H groups in total. The lowest BCUT2D eigenvalue weighted by Crippen LogP contribution is -2.70. The first-order valence-electron chi connectivity index (χ1n) is 19.1. The lowest BCUT2D eigenvalue weighted by molar-refractivity contribution is -0.375. The van der Waals surface area contributed by atoms with Gasteiger partial charge in [0.1, 0.15) is 104 Å². The third-order valence-corrected chi connectivity index (χ3v) is 12.0. The average Bonchev–Trinajstić information content (AvgIpc) is 3.23. The number of nitrogens with one attached hydrogen (secondary N) is 2. The molecule has 5 rings (SSSR count). The highest BCUT2D eigenvalue weighted by Gasteiger charge is 2.59. The molecule has 5 heterocycles. The van der Waals surface area contributed by atoms with Crippen molar-refractivity contribution >= 4 is 38.5 Å². The molecule has 37 heteroatoms. The summed E-state index contributed by atoms with van der Waals surface area (Å²) in [4.78, 5) is 36.0. The summed E-state index contributed by atoms with van der Waals surface area (Å²) in [5, 5.41) is 155. The van der Waals surface area contributed by atoms with E-state index in [1.807, 2.05) is 0 Å². The number of carboxylic acid groups (broad SMARTS) is 3. The first kappa shape index (κ1) is 55.2.